The molecule has 0 spiro atoms. The first-order chi connectivity index (χ1) is 17.0. The average molecular weight is 501 g/mol. The van der Waals surface area contributed by atoms with E-state index in [9.17, 15) is 15.0 Å². The predicted molar refractivity (Wildman–Crippen MR) is 138 cm³/mol. The first-order valence-corrected chi connectivity index (χ1v) is 13.0. The molecule has 1 unspecified atom stereocenters. The number of aliphatic hydroxyl groups is 3. The third-order valence-electron chi connectivity index (χ3n) is 6.74. The van der Waals surface area contributed by atoms with E-state index in [-0.39, 0.29) is 36.4 Å². The zero-order valence-electron chi connectivity index (χ0n) is 20.1. The van der Waals surface area contributed by atoms with E-state index in [1.807, 2.05) is 42.5 Å². The molecule has 0 aliphatic heterocycles. The van der Waals surface area contributed by atoms with Gasteiger partial charge in [0, 0.05) is 17.7 Å². The Kier molecular flexibility index (Phi) is 11.3. The highest BCUT2D eigenvalue weighted by Crippen LogP contribution is 2.45. The maximum Gasteiger partial charge on any atom is 0.305 e. The lowest BCUT2D eigenvalue weighted by molar-refractivity contribution is -0.144. The highest BCUT2D eigenvalue weighted by molar-refractivity contribution is 6.21. The quantitative estimate of drug-likeness (QED) is 0.154. The lowest BCUT2D eigenvalue weighted by atomic mass is 9.84. The van der Waals surface area contributed by atoms with Gasteiger partial charge in [-0.1, -0.05) is 66.7 Å². The van der Waals surface area contributed by atoms with Gasteiger partial charge in [0.15, 0.2) is 0 Å². The molecule has 0 aromatic heterocycles. The van der Waals surface area contributed by atoms with Crippen LogP contribution in [-0.4, -0.2) is 46.0 Å². The number of allylic oxidation sites excluding steroid dienone is 2. The fourth-order valence-corrected chi connectivity index (χ4v) is 5.29. The number of hydrogen-bond acceptors (Lipinski definition) is 5. The van der Waals surface area contributed by atoms with Crippen molar-refractivity contribution in [3.63, 3.8) is 0 Å². The molecule has 0 heterocycles. The number of esters is 1. The van der Waals surface area contributed by atoms with Crippen molar-refractivity contribution in [1.82, 2.24) is 0 Å². The number of aryl methyl sites for hydroxylation is 1. The Morgan fingerprint density at radius 3 is 2.57 bits per heavy atom. The molecule has 190 valence electrons. The van der Waals surface area contributed by atoms with Crippen LogP contribution in [-0.2, 0) is 16.0 Å². The molecular weight excluding hydrogens is 464 g/mol. The predicted octanol–water partition coefficient (Wildman–Crippen LogP) is 5.08. The first kappa shape index (κ1) is 27.4. The molecule has 1 fully saturated rings. The number of aliphatic hydroxyl groups excluding tert-OH is 3. The SMILES string of the molecule is O=C(CCC/C=C\C[C@@H]1[C@@H](c2ccc(C(O)CCc3ccccc3)cc2)[C@H](O)C[C@H]1Cl)OCCO. The molecule has 35 heavy (non-hydrogen) atoms. The number of benzene rings is 2. The van der Waals surface area contributed by atoms with Crippen LogP contribution in [0, 0.1) is 5.92 Å². The summed E-state index contributed by atoms with van der Waals surface area (Å²) in [6.07, 6.45) is 7.69. The molecule has 1 aliphatic rings. The molecule has 2 aromatic carbocycles. The second-order valence-corrected chi connectivity index (χ2v) is 9.82. The van der Waals surface area contributed by atoms with E-state index >= 15 is 0 Å². The summed E-state index contributed by atoms with van der Waals surface area (Å²) in [6.45, 7) is -0.109. The largest absolute Gasteiger partial charge is 0.463 e. The zero-order chi connectivity index (χ0) is 25.0. The van der Waals surface area contributed by atoms with Crippen molar-refractivity contribution in [3.05, 3.63) is 83.4 Å². The van der Waals surface area contributed by atoms with Gasteiger partial charge in [-0.25, -0.2) is 0 Å². The third-order valence-corrected chi connectivity index (χ3v) is 7.25. The Hall–Kier alpha value is -2.18. The van der Waals surface area contributed by atoms with E-state index in [0.29, 0.717) is 25.7 Å². The number of ether oxygens (including phenoxy) is 1. The van der Waals surface area contributed by atoms with Gasteiger partial charge < -0.3 is 20.1 Å². The van der Waals surface area contributed by atoms with Crippen molar-refractivity contribution in [1.29, 1.82) is 0 Å². The molecule has 0 bridgehead atoms. The summed E-state index contributed by atoms with van der Waals surface area (Å²) < 4.78 is 4.85. The van der Waals surface area contributed by atoms with Gasteiger partial charge in [-0.15, -0.1) is 11.6 Å². The Morgan fingerprint density at radius 2 is 1.86 bits per heavy atom. The molecule has 5 nitrogen and oxygen atoms in total. The van der Waals surface area contributed by atoms with Gasteiger partial charge in [-0.3, -0.25) is 4.79 Å². The molecule has 1 aliphatic carbocycles. The average Bonchev–Trinajstić information content (AvgIpc) is 3.16. The van der Waals surface area contributed by atoms with E-state index in [1.54, 1.807) is 0 Å². The van der Waals surface area contributed by atoms with Crippen LogP contribution in [0.15, 0.2) is 66.7 Å². The number of rotatable bonds is 13. The van der Waals surface area contributed by atoms with Crippen molar-refractivity contribution in [3.8, 4) is 0 Å². The van der Waals surface area contributed by atoms with E-state index in [2.05, 4.69) is 24.3 Å². The first-order valence-electron chi connectivity index (χ1n) is 12.5. The maximum atomic E-state index is 11.5. The van der Waals surface area contributed by atoms with Gasteiger partial charge >= 0.3 is 5.97 Å². The monoisotopic (exact) mass is 500 g/mol. The highest BCUT2D eigenvalue weighted by atomic mass is 35.5. The number of unbranched alkanes of at least 4 members (excludes halogenated alkanes) is 1. The standard InChI is InChI=1S/C29H37ClO5/c30-25-20-27(33)29(24(25)10-6-1-2-7-11-28(34)35-19-18-31)23-15-13-22(14-16-23)26(32)17-12-21-8-4-3-5-9-21/h1,3-6,8-9,13-16,24-27,29,31-33H,2,7,10-12,17-20H2/b6-1-/t24-,25+,26?,27+,29+/m0/s1. The summed E-state index contributed by atoms with van der Waals surface area (Å²) in [4.78, 5) is 11.5. The topological polar surface area (TPSA) is 87.0 Å². The molecule has 0 amide bonds. The van der Waals surface area contributed by atoms with Gasteiger partial charge in [-0.05, 0) is 61.1 Å². The van der Waals surface area contributed by atoms with Crippen molar-refractivity contribution in [2.45, 2.75) is 68.4 Å². The fourth-order valence-electron chi connectivity index (χ4n) is 4.85. The molecule has 1 saturated carbocycles. The molecule has 6 heteroatoms. The van der Waals surface area contributed by atoms with Gasteiger partial charge in [0.05, 0.1) is 18.8 Å². The van der Waals surface area contributed by atoms with E-state index in [1.165, 1.54) is 5.56 Å². The van der Waals surface area contributed by atoms with Crippen LogP contribution < -0.4 is 0 Å². The Bertz CT molecular complexity index is 914. The van der Waals surface area contributed by atoms with Crippen LogP contribution in [0.2, 0.25) is 0 Å². The smallest absolute Gasteiger partial charge is 0.305 e. The molecule has 0 saturated heterocycles. The van der Waals surface area contributed by atoms with Crippen molar-refractivity contribution in [2.24, 2.45) is 5.92 Å². The summed E-state index contributed by atoms with van der Waals surface area (Å²) in [5, 5.41) is 29.9. The van der Waals surface area contributed by atoms with Crippen molar-refractivity contribution >= 4 is 17.6 Å². The van der Waals surface area contributed by atoms with Gasteiger partial charge in [0.1, 0.15) is 6.61 Å². The van der Waals surface area contributed by atoms with Crippen LogP contribution in [0.5, 0.6) is 0 Å². The van der Waals surface area contributed by atoms with E-state index in [0.717, 1.165) is 30.4 Å². The minimum absolute atomic E-state index is 0.0464. The van der Waals surface area contributed by atoms with E-state index in [4.69, 9.17) is 21.4 Å². The summed E-state index contributed by atoms with van der Waals surface area (Å²) in [5.41, 5.74) is 3.14. The number of carbonyl (C=O) groups is 1. The second-order valence-electron chi connectivity index (χ2n) is 9.26. The Labute approximate surface area is 213 Å². The van der Waals surface area contributed by atoms with Gasteiger partial charge in [0.2, 0.25) is 0 Å². The van der Waals surface area contributed by atoms with Crippen molar-refractivity contribution < 1.29 is 24.9 Å². The Morgan fingerprint density at radius 1 is 1.11 bits per heavy atom. The van der Waals surface area contributed by atoms with Crippen LogP contribution in [0.1, 0.15) is 67.2 Å². The van der Waals surface area contributed by atoms with Gasteiger partial charge in [0.25, 0.3) is 0 Å². The van der Waals surface area contributed by atoms with Crippen LogP contribution in [0.4, 0.5) is 0 Å². The minimum Gasteiger partial charge on any atom is -0.463 e. The second kappa shape index (κ2) is 14.4. The highest BCUT2D eigenvalue weighted by Gasteiger charge is 2.41. The molecule has 5 atom stereocenters. The number of halogens is 1. The lowest BCUT2D eigenvalue weighted by Gasteiger charge is -2.23. The molecule has 2 aromatic rings. The Balaban J connectivity index is 1.51. The fraction of sp³-hybridized carbons (Fsp3) is 0.483. The van der Waals surface area contributed by atoms with Crippen LogP contribution in [0.3, 0.4) is 0 Å². The normalized spacial score (nSPS) is 23.0. The third kappa shape index (κ3) is 8.46. The van der Waals surface area contributed by atoms with Crippen molar-refractivity contribution in [2.75, 3.05) is 13.2 Å². The number of hydrogen-bond donors (Lipinski definition) is 3. The minimum atomic E-state index is -0.529. The molecule has 3 rings (SSSR count). The summed E-state index contributed by atoms with van der Waals surface area (Å²) in [6, 6.07) is 18.1. The molecular formula is C29H37ClO5. The maximum absolute atomic E-state index is 11.5. The zero-order valence-corrected chi connectivity index (χ0v) is 20.9. The number of alkyl halides is 1. The number of carbonyl (C=O) groups excluding carboxylic acids is 1. The lowest BCUT2D eigenvalue weighted by Crippen LogP contribution is -2.18. The summed E-state index contributed by atoms with van der Waals surface area (Å²) >= 11 is 6.61. The van der Waals surface area contributed by atoms with Crippen LogP contribution >= 0.6 is 11.6 Å². The summed E-state index contributed by atoms with van der Waals surface area (Å²) in [5.74, 6) is -0.224. The summed E-state index contributed by atoms with van der Waals surface area (Å²) in [7, 11) is 0. The van der Waals surface area contributed by atoms with E-state index < -0.39 is 12.2 Å². The van der Waals surface area contributed by atoms with Gasteiger partial charge in [-0.2, -0.15) is 0 Å². The molecule has 0 radical (unpaired) electrons. The van der Waals surface area contributed by atoms with Crippen LogP contribution in [0.25, 0.3) is 0 Å². The molecule has 3 N–H and O–H groups in total.